The maximum atomic E-state index is 15.7. The van der Waals surface area contributed by atoms with Gasteiger partial charge in [0.1, 0.15) is 28.7 Å². The van der Waals surface area contributed by atoms with Crippen LogP contribution >= 0.6 is 11.6 Å². The molecule has 0 radical (unpaired) electrons. The van der Waals surface area contributed by atoms with E-state index in [1.54, 1.807) is 35.9 Å². The number of nitriles is 1. The maximum absolute atomic E-state index is 15.7. The molecule has 5 rings (SSSR count). The zero-order valence-corrected chi connectivity index (χ0v) is 27.4. The Morgan fingerprint density at radius 1 is 1.22 bits per heavy atom. The molecule has 0 aliphatic carbocycles. The number of benzene rings is 1. The molecule has 16 heteroatoms. The van der Waals surface area contributed by atoms with E-state index in [2.05, 4.69) is 16.9 Å². The number of pyridine rings is 2. The number of anilines is 2. The number of hydrogen-bond donors (Lipinski definition) is 2. The first-order chi connectivity index (χ1) is 23.0. The lowest BCUT2D eigenvalue weighted by molar-refractivity contribution is -0.142. The zero-order valence-electron chi connectivity index (χ0n) is 26.6. The van der Waals surface area contributed by atoms with Gasteiger partial charge in [0.15, 0.2) is 11.6 Å². The molecule has 3 aromatic rings. The number of carbonyl (C=O) groups is 1. The number of dihydropyridines is 1. The standard InChI is InChI=1S/C33H30ClF6N7O2/c1-6-20(48)46-10-9-45(13-16(46)5)30-17-11-19(34)28(21-23(35)22(33(38,39)40)24(36)25(37)26(21)42)44-31(17)47(32(49)18(30)12-41)29-15(4)7-8-43-27(29)14(2)3/h6-8,11,14,16,27,43H,1,9-10,13,42H2,2-5H3/t16-,27?/m1/s1. The van der Waals surface area contributed by atoms with Crippen LogP contribution in [0.2, 0.25) is 5.02 Å². The summed E-state index contributed by atoms with van der Waals surface area (Å²) in [6.45, 7) is 11.1. The molecule has 258 valence electrons. The van der Waals surface area contributed by atoms with Crippen LogP contribution in [-0.2, 0) is 11.0 Å². The van der Waals surface area contributed by atoms with E-state index in [4.69, 9.17) is 17.3 Å². The molecule has 0 bridgehead atoms. The van der Waals surface area contributed by atoms with Crippen molar-refractivity contribution in [3.8, 4) is 17.3 Å². The van der Waals surface area contributed by atoms with Crippen LogP contribution in [0, 0.1) is 34.7 Å². The first kappa shape index (κ1) is 35.3. The first-order valence-electron chi connectivity index (χ1n) is 15.0. The van der Waals surface area contributed by atoms with Gasteiger partial charge in [0.2, 0.25) is 5.91 Å². The summed E-state index contributed by atoms with van der Waals surface area (Å²) in [6.07, 6.45) is -1.19. The Hall–Kier alpha value is -4.97. The average Bonchev–Trinajstić information content (AvgIpc) is 3.03. The van der Waals surface area contributed by atoms with Gasteiger partial charge in [-0.1, -0.05) is 32.0 Å². The van der Waals surface area contributed by atoms with E-state index in [0.29, 0.717) is 11.3 Å². The number of hydrogen-bond acceptors (Lipinski definition) is 7. The number of nitrogen functional groups attached to an aromatic ring is 1. The summed E-state index contributed by atoms with van der Waals surface area (Å²) in [5.41, 5.74) is -0.773. The smallest absolute Gasteiger partial charge is 0.396 e. The molecule has 3 N–H and O–H groups in total. The number of nitrogens with zero attached hydrogens (tertiary/aromatic N) is 5. The van der Waals surface area contributed by atoms with E-state index in [9.17, 15) is 36.8 Å². The lowest BCUT2D eigenvalue weighted by Gasteiger charge is -2.41. The number of rotatable bonds is 5. The highest BCUT2D eigenvalue weighted by Crippen LogP contribution is 2.45. The number of fused-ring (bicyclic) bond motifs is 1. The van der Waals surface area contributed by atoms with Crippen molar-refractivity contribution in [3.05, 3.63) is 80.5 Å². The van der Waals surface area contributed by atoms with E-state index >= 15 is 4.39 Å². The van der Waals surface area contributed by atoms with Gasteiger partial charge in [-0.2, -0.15) is 18.4 Å². The van der Waals surface area contributed by atoms with Gasteiger partial charge < -0.3 is 20.9 Å². The van der Waals surface area contributed by atoms with E-state index in [-0.39, 0.29) is 53.7 Å². The number of allylic oxidation sites excluding steroid dienone is 2. The Kier molecular flexibility index (Phi) is 9.24. The summed E-state index contributed by atoms with van der Waals surface area (Å²) in [7, 11) is 0. The van der Waals surface area contributed by atoms with E-state index in [0.717, 1.165) is 16.7 Å². The molecular formula is C33H30ClF6N7O2. The molecule has 2 aliphatic rings. The molecule has 1 fully saturated rings. The molecular weight excluding hydrogens is 676 g/mol. The van der Waals surface area contributed by atoms with Crippen molar-refractivity contribution >= 4 is 45.6 Å². The third kappa shape index (κ3) is 5.77. The minimum atomic E-state index is -5.67. The summed E-state index contributed by atoms with van der Waals surface area (Å²) < 4.78 is 87.5. The molecule has 2 aliphatic heterocycles. The molecule has 1 saturated heterocycles. The van der Waals surface area contributed by atoms with Gasteiger partial charge in [-0.05, 0) is 49.8 Å². The average molecular weight is 706 g/mol. The minimum absolute atomic E-state index is 0.0608. The molecule has 0 saturated carbocycles. The molecule has 2 atom stereocenters. The normalized spacial score (nSPS) is 18.3. The lowest BCUT2D eigenvalue weighted by atomic mass is 9.94. The second-order valence-corrected chi connectivity index (χ2v) is 12.5. The van der Waals surface area contributed by atoms with Crippen LogP contribution in [0.1, 0.15) is 38.8 Å². The van der Waals surface area contributed by atoms with Crippen LogP contribution in [-0.4, -0.2) is 52.1 Å². The van der Waals surface area contributed by atoms with Gasteiger partial charge in [0, 0.05) is 31.1 Å². The van der Waals surface area contributed by atoms with Gasteiger partial charge in [0.25, 0.3) is 5.56 Å². The van der Waals surface area contributed by atoms with Crippen molar-refractivity contribution in [1.29, 1.82) is 5.26 Å². The molecule has 0 spiro atoms. The fraction of sp³-hybridized carbons (Fsp3) is 0.333. The number of piperazine rings is 1. The fourth-order valence-electron chi connectivity index (χ4n) is 6.37. The predicted molar refractivity (Wildman–Crippen MR) is 174 cm³/mol. The third-order valence-corrected chi connectivity index (χ3v) is 8.97. The predicted octanol–water partition coefficient (Wildman–Crippen LogP) is 6.20. The molecule has 2 aromatic heterocycles. The topological polar surface area (TPSA) is 120 Å². The second-order valence-electron chi connectivity index (χ2n) is 12.1. The van der Waals surface area contributed by atoms with Crippen LogP contribution in [0.25, 0.3) is 28.0 Å². The largest absolute Gasteiger partial charge is 0.422 e. The van der Waals surface area contributed by atoms with Crippen molar-refractivity contribution in [2.75, 3.05) is 30.3 Å². The van der Waals surface area contributed by atoms with Crippen molar-refractivity contribution in [1.82, 2.24) is 19.8 Å². The Balaban J connectivity index is 1.93. The molecule has 9 nitrogen and oxygen atoms in total. The van der Waals surface area contributed by atoms with Crippen LogP contribution in [0.4, 0.5) is 37.7 Å². The third-order valence-electron chi connectivity index (χ3n) is 8.68. The number of nitrogens with two attached hydrogens (primary N) is 1. The highest BCUT2D eigenvalue weighted by atomic mass is 35.5. The van der Waals surface area contributed by atoms with Crippen LogP contribution in [0.15, 0.2) is 41.4 Å². The fourth-order valence-corrected chi connectivity index (χ4v) is 6.61. The lowest BCUT2D eigenvalue weighted by Crippen LogP contribution is -2.54. The van der Waals surface area contributed by atoms with Gasteiger partial charge >= 0.3 is 6.18 Å². The first-order valence-corrected chi connectivity index (χ1v) is 15.4. The summed E-state index contributed by atoms with van der Waals surface area (Å²) in [6, 6.07) is 2.16. The summed E-state index contributed by atoms with van der Waals surface area (Å²) in [4.78, 5) is 34.5. The van der Waals surface area contributed by atoms with Crippen LogP contribution in [0.3, 0.4) is 0 Å². The summed E-state index contributed by atoms with van der Waals surface area (Å²) in [5, 5.41) is 13.1. The number of carbonyl (C=O) groups excluding carboxylic acids is 1. The number of alkyl halides is 3. The number of amides is 1. The van der Waals surface area contributed by atoms with Gasteiger partial charge in [-0.3, -0.25) is 14.2 Å². The van der Waals surface area contributed by atoms with E-state index < -0.39 is 68.8 Å². The van der Waals surface area contributed by atoms with Crippen molar-refractivity contribution in [2.45, 2.75) is 46.0 Å². The Morgan fingerprint density at radius 3 is 2.47 bits per heavy atom. The highest BCUT2D eigenvalue weighted by molar-refractivity contribution is 6.34. The van der Waals surface area contributed by atoms with Crippen LogP contribution in [0.5, 0.6) is 0 Å². The van der Waals surface area contributed by atoms with Gasteiger partial charge in [-0.25, -0.2) is 18.2 Å². The number of halogens is 7. The number of aromatic nitrogens is 2. The molecule has 1 aromatic carbocycles. The quantitative estimate of drug-likeness (QED) is 0.140. The Labute approximate surface area is 281 Å². The highest BCUT2D eigenvalue weighted by Gasteiger charge is 2.43. The maximum Gasteiger partial charge on any atom is 0.422 e. The monoisotopic (exact) mass is 705 g/mol. The summed E-state index contributed by atoms with van der Waals surface area (Å²) >= 11 is 6.57. The molecule has 4 heterocycles. The molecule has 1 unspecified atom stereocenters. The van der Waals surface area contributed by atoms with Gasteiger partial charge in [0.05, 0.1) is 39.4 Å². The summed E-state index contributed by atoms with van der Waals surface area (Å²) in [5.74, 6) is -7.45. The van der Waals surface area contributed by atoms with Crippen molar-refractivity contribution in [3.63, 3.8) is 0 Å². The van der Waals surface area contributed by atoms with Crippen molar-refractivity contribution in [2.24, 2.45) is 5.92 Å². The Morgan fingerprint density at radius 2 is 1.90 bits per heavy atom. The second kappa shape index (κ2) is 12.8. The zero-order chi connectivity index (χ0) is 36.3. The van der Waals surface area contributed by atoms with Gasteiger partial charge in [-0.15, -0.1) is 0 Å². The van der Waals surface area contributed by atoms with E-state index in [1.165, 1.54) is 0 Å². The van der Waals surface area contributed by atoms with Crippen molar-refractivity contribution < 1.29 is 31.1 Å². The molecule has 1 amide bonds. The molecule has 49 heavy (non-hydrogen) atoms. The Bertz CT molecular complexity index is 2080. The van der Waals surface area contributed by atoms with E-state index in [1.807, 2.05) is 19.9 Å². The number of nitrogens with one attached hydrogen (secondary N) is 1. The SMILES string of the molecule is C=CC(=O)N1CCN(c2c(C#N)c(=O)n(C3=C(C)C=CNC3C(C)C)c3nc(-c4c(N)c(F)c(F)c(C(F)(F)F)c4F)c(Cl)cc23)C[C@H]1C. The minimum Gasteiger partial charge on any atom is -0.396 e. The van der Waals surface area contributed by atoms with Crippen LogP contribution < -0.4 is 21.5 Å².